The summed E-state index contributed by atoms with van der Waals surface area (Å²) < 4.78 is 0. The second kappa shape index (κ2) is 8.24. The van der Waals surface area contributed by atoms with Crippen molar-refractivity contribution < 1.29 is 9.59 Å². The van der Waals surface area contributed by atoms with Gasteiger partial charge in [0.15, 0.2) is 0 Å². The van der Waals surface area contributed by atoms with Gasteiger partial charge in [0.05, 0.1) is 5.41 Å². The normalized spacial score (nSPS) is 24.3. The molecule has 0 bridgehead atoms. The number of amides is 2. The number of benzene rings is 1. The predicted octanol–water partition coefficient (Wildman–Crippen LogP) is 3.82. The molecule has 2 fully saturated rings. The lowest BCUT2D eigenvalue weighted by molar-refractivity contribution is -0.144. The number of nitrogens with one attached hydrogen (secondary N) is 1. The second-order valence-corrected chi connectivity index (χ2v) is 8.43. The molecule has 1 aliphatic heterocycles. The van der Waals surface area contributed by atoms with Crippen molar-refractivity contribution in [2.45, 2.75) is 65.3 Å². The summed E-state index contributed by atoms with van der Waals surface area (Å²) >= 11 is 0. The molecule has 2 aliphatic rings. The summed E-state index contributed by atoms with van der Waals surface area (Å²) in [5.74, 6) is 0.530. The van der Waals surface area contributed by atoms with E-state index in [0.717, 1.165) is 37.8 Å². The van der Waals surface area contributed by atoms with E-state index in [2.05, 4.69) is 36.5 Å². The van der Waals surface area contributed by atoms with Gasteiger partial charge in [0, 0.05) is 25.6 Å². The first-order chi connectivity index (χ1) is 12.5. The van der Waals surface area contributed by atoms with Crippen LogP contribution in [0.1, 0.15) is 63.0 Å². The van der Waals surface area contributed by atoms with E-state index in [0.29, 0.717) is 13.1 Å². The van der Waals surface area contributed by atoms with E-state index in [4.69, 9.17) is 0 Å². The average Bonchev–Trinajstić information content (AvgIpc) is 2.67. The first kappa shape index (κ1) is 18.9. The van der Waals surface area contributed by atoms with Crippen LogP contribution in [-0.2, 0) is 16.1 Å². The summed E-state index contributed by atoms with van der Waals surface area (Å²) in [6.07, 6.45) is 7.38. The number of rotatable bonds is 4. The summed E-state index contributed by atoms with van der Waals surface area (Å²) in [7, 11) is 0. The molecule has 1 atom stereocenters. The Morgan fingerprint density at radius 3 is 2.50 bits per heavy atom. The number of carbonyl (C=O) groups excluding carboxylic acids is 2. The number of nitrogens with zero attached hydrogens (tertiary/aromatic N) is 1. The Labute approximate surface area is 157 Å². The number of piperidine rings is 1. The van der Waals surface area contributed by atoms with Gasteiger partial charge >= 0.3 is 0 Å². The van der Waals surface area contributed by atoms with Gasteiger partial charge in [-0.1, -0.05) is 49.1 Å². The Balaban J connectivity index is 1.57. The molecule has 1 aromatic rings. The zero-order valence-electron chi connectivity index (χ0n) is 16.2. The summed E-state index contributed by atoms with van der Waals surface area (Å²) in [5.41, 5.74) is 1.85. The lowest BCUT2D eigenvalue weighted by atomic mass is 9.79. The van der Waals surface area contributed by atoms with Crippen LogP contribution in [0, 0.1) is 18.3 Å². The average molecular weight is 357 g/mol. The van der Waals surface area contributed by atoms with Gasteiger partial charge in [-0.2, -0.15) is 0 Å². The Morgan fingerprint density at radius 1 is 1.12 bits per heavy atom. The van der Waals surface area contributed by atoms with E-state index in [1.807, 2.05) is 11.8 Å². The van der Waals surface area contributed by atoms with Gasteiger partial charge < -0.3 is 10.2 Å². The molecule has 1 saturated carbocycles. The highest BCUT2D eigenvalue weighted by atomic mass is 16.2. The Morgan fingerprint density at radius 2 is 1.81 bits per heavy atom. The molecule has 1 heterocycles. The van der Waals surface area contributed by atoms with Gasteiger partial charge in [-0.3, -0.25) is 9.59 Å². The topological polar surface area (TPSA) is 49.4 Å². The molecule has 0 aromatic heterocycles. The van der Waals surface area contributed by atoms with Crippen LogP contribution in [0.4, 0.5) is 0 Å². The maximum Gasteiger partial charge on any atom is 0.227 e. The van der Waals surface area contributed by atoms with Crippen molar-refractivity contribution >= 4 is 11.8 Å². The van der Waals surface area contributed by atoms with Gasteiger partial charge in [-0.25, -0.2) is 0 Å². The van der Waals surface area contributed by atoms with Crippen LogP contribution in [0.25, 0.3) is 0 Å². The van der Waals surface area contributed by atoms with Crippen molar-refractivity contribution in [3.05, 3.63) is 35.4 Å². The van der Waals surface area contributed by atoms with Crippen molar-refractivity contribution in [3.63, 3.8) is 0 Å². The van der Waals surface area contributed by atoms with Crippen molar-refractivity contribution in [3.8, 4) is 0 Å². The highest BCUT2D eigenvalue weighted by Crippen LogP contribution is 2.33. The van der Waals surface area contributed by atoms with Crippen LogP contribution in [0.3, 0.4) is 0 Å². The Bertz CT molecular complexity index is 634. The highest BCUT2D eigenvalue weighted by Gasteiger charge is 2.40. The standard InChI is InChI=1S/C22H32N2O2/c1-17-9-11-18(12-10-17)15-23-21(26)22(2)13-6-14-24(16-22)20(25)19-7-4-3-5-8-19/h9-12,19H,3-8,13-16H2,1-2H3,(H,23,26). The molecule has 2 amide bonds. The van der Waals surface area contributed by atoms with E-state index in [9.17, 15) is 9.59 Å². The number of hydrogen-bond donors (Lipinski definition) is 1. The molecule has 26 heavy (non-hydrogen) atoms. The molecular weight excluding hydrogens is 324 g/mol. The van der Waals surface area contributed by atoms with Gasteiger partial charge in [0.2, 0.25) is 11.8 Å². The van der Waals surface area contributed by atoms with Crippen molar-refractivity contribution in [2.75, 3.05) is 13.1 Å². The molecule has 0 spiro atoms. The van der Waals surface area contributed by atoms with Crippen LogP contribution in [0.15, 0.2) is 24.3 Å². The molecule has 1 aromatic carbocycles. The Hall–Kier alpha value is -1.84. The first-order valence-corrected chi connectivity index (χ1v) is 10.1. The fourth-order valence-electron chi connectivity index (χ4n) is 4.32. The van der Waals surface area contributed by atoms with Gasteiger partial charge in [-0.05, 0) is 45.1 Å². The molecule has 1 saturated heterocycles. The van der Waals surface area contributed by atoms with Crippen LogP contribution in [0.2, 0.25) is 0 Å². The van der Waals surface area contributed by atoms with E-state index >= 15 is 0 Å². The number of carbonyl (C=O) groups is 2. The fourth-order valence-corrected chi connectivity index (χ4v) is 4.32. The molecule has 0 radical (unpaired) electrons. The van der Waals surface area contributed by atoms with Crippen LogP contribution < -0.4 is 5.32 Å². The van der Waals surface area contributed by atoms with Crippen LogP contribution in [-0.4, -0.2) is 29.8 Å². The molecule has 3 rings (SSSR count). The number of aryl methyl sites for hydroxylation is 1. The maximum absolute atomic E-state index is 12.9. The summed E-state index contributed by atoms with van der Waals surface area (Å²) in [5, 5.41) is 3.09. The van der Waals surface area contributed by atoms with Gasteiger partial charge in [0.25, 0.3) is 0 Å². The lowest BCUT2D eigenvalue weighted by Gasteiger charge is -2.41. The third kappa shape index (κ3) is 4.46. The summed E-state index contributed by atoms with van der Waals surface area (Å²) in [4.78, 5) is 27.7. The second-order valence-electron chi connectivity index (χ2n) is 8.43. The zero-order chi connectivity index (χ0) is 18.6. The third-order valence-corrected chi connectivity index (χ3v) is 6.08. The molecule has 142 valence electrons. The lowest BCUT2D eigenvalue weighted by Crippen LogP contribution is -2.53. The fraction of sp³-hybridized carbons (Fsp3) is 0.636. The van der Waals surface area contributed by atoms with Crippen molar-refractivity contribution in [1.82, 2.24) is 10.2 Å². The Kier molecular flexibility index (Phi) is 6.00. The quantitative estimate of drug-likeness (QED) is 0.891. The minimum Gasteiger partial charge on any atom is -0.351 e. The summed E-state index contributed by atoms with van der Waals surface area (Å²) in [6, 6.07) is 8.23. The largest absolute Gasteiger partial charge is 0.351 e. The molecular formula is C22H32N2O2. The minimum atomic E-state index is -0.479. The van der Waals surface area contributed by atoms with Crippen molar-refractivity contribution in [2.24, 2.45) is 11.3 Å². The van der Waals surface area contributed by atoms with Gasteiger partial charge in [-0.15, -0.1) is 0 Å². The van der Waals surface area contributed by atoms with Crippen LogP contribution >= 0.6 is 0 Å². The number of hydrogen-bond acceptors (Lipinski definition) is 2. The predicted molar refractivity (Wildman–Crippen MR) is 104 cm³/mol. The SMILES string of the molecule is Cc1ccc(CNC(=O)C2(C)CCCN(C(=O)C3CCCCC3)C2)cc1. The molecule has 1 unspecified atom stereocenters. The van der Waals surface area contributed by atoms with E-state index in [1.54, 1.807) is 0 Å². The van der Waals surface area contributed by atoms with E-state index in [1.165, 1.54) is 24.8 Å². The maximum atomic E-state index is 12.9. The van der Waals surface area contributed by atoms with Gasteiger partial charge in [0.1, 0.15) is 0 Å². The highest BCUT2D eigenvalue weighted by molar-refractivity contribution is 5.84. The van der Waals surface area contributed by atoms with E-state index < -0.39 is 5.41 Å². The van der Waals surface area contributed by atoms with E-state index in [-0.39, 0.29) is 17.7 Å². The van der Waals surface area contributed by atoms with Crippen molar-refractivity contribution in [1.29, 1.82) is 0 Å². The summed E-state index contributed by atoms with van der Waals surface area (Å²) in [6.45, 7) is 5.98. The monoisotopic (exact) mass is 356 g/mol. The molecule has 4 nitrogen and oxygen atoms in total. The third-order valence-electron chi connectivity index (χ3n) is 6.08. The minimum absolute atomic E-state index is 0.0687. The zero-order valence-corrected chi connectivity index (χ0v) is 16.2. The molecule has 1 aliphatic carbocycles. The molecule has 4 heteroatoms. The smallest absolute Gasteiger partial charge is 0.227 e. The van der Waals surface area contributed by atoms with Crippen LogP contribution in [0.5, 0.6) is 0 Å². The number of likely N-dealkylation sites (tertiary alicyclic amines) is 1. The first-order valence-electron chi connectivity index (χ1n) is 10.1. The molecule has 1 N–H and O–H groups in total.